The Bertz CT molecular complexity index is 930. The minimum absolute atomic E-state index is 0.0186. The van der Waals surface area contributed by atoms with E-state index in [-0.39, 0.29) is 11.6 Å². The molecule has 26 heavy (non-hydrogen) atoms. The average Bonchev–Trinajstić information content (AvgIpc) is 2.82. The third kappa shape index (κ3) is 3.73. The summed E-state index contributed by atoms with van der Waals surface area (Å²) in [5.41, 5.74) is 5.80. The highest BCUT2D eigenvalue weighted by Gasteiger charge is 2.19. The van der Waals surface area contributed by atoms with Crippen molar-refractivity contribution < 1.29 is 9.59 Å². The van der Waals surface area contributed by atoms with Gasteiger partial charge in [0, 0.05) is 46.6 Å². The fourth-order valence-corrected chi connectivity index (χ4v) is 3.38. The van der Waals surface area contributed by atoms with E-state index < -0.39 is 0 Å². The van der Waals surface area contributed by atoms with Crippen LogP contribution in [0.4, 0.5) is 0 Å². The standard InChI is InChI=1S/C22H22ClNO2/c1-14-4-6-17(22(26)16-7-9-18(23)10-8-16)12-21-20(14)13-19(24(21)3)11-5-15(2)25/h4,7-10,12-13H,5-6,11H2,1-3H3. The first kappa shape index (κ1) is 18.4. The lowest BCUT2D eigenvalue weighted by Gasteiger charge is -2.07. The minimum Gasteiger partial charge on any atom is -0.348 e. The molecule has 0 aliphatic heterocycles. The predicted octanol–water partition coefficient (Wildman–Crippen LogP) is 5.27. The molecule has 0 saturated heterocycles. The average molecular weight is 368 g/mol. The molecule has 1 aromatic carbocycles. The van der Waals surface area contributed by atoms with Gasteiger partial charge >= 0.3 is 0 Å². The smallest absolute Gasteiger partial charge is 0.189 e. The fraction of sp³-hybridized carbons (Fsp3) is 0.273. The second-order valence-corrected chi connectivity index (χ2v) is 7.23. The van der Waals surface area contributed by atoms with Gasteiger partial charge in [-0.15, -0.1) is 0 Å². The highest BCUT2D eigenvalue weighted by atomic mass is 35.5. The summed E-state index contributed by atoms with van der Waals surface area (Å²) in [4.78, 5) is 24.2. The Balaban J connectivity index is 1.99. The Kier molecular flexibility index (Phi) is 5.28. The summed E-state index contributed by atoms with van der Waals surface area (Å²) >= 11 is 5.93. The van der Waals surface area contributed by atoms with Gasteiger partial charge in [-0.25, -0.2) is 0 Å². The zero-order valence-electron chi connectivity index (χ0n) is 15.3. The van der Waals surface area contributed by atoms with Crippen LogP contribution in [-0.4, -0.2) is 16.1 Å². The molecule has 3 nitrogen and oxygen atoms in total. The van der Waals surface area contributed by atoms with E-state index in [4.69, 9.17) is 11.6 Å². The van der Waals surface area contributed by atoms with E-state index >= 15 is 0 Å². The van der Waals surface area contributed by atoms with Gasteiger partial charge in [-0.3, -0.25) is 4.79 Å². The molecule has 1 aromatic heterocycles. The Morgan fingerprint density at radius 1 is 1.19 bits per heavy atom. The number of fused-ring (bicyclic) bond motifs is 1. The van der Waals surface area contributed by atoms with Crippen molar-refractivity contribution in [1.82, 2.24) is 4.57 Å². The van der Waals surface area contributed by atoms with E-state index in [1.165, 1.54) is 0 Å². The summed E-state index contributed by atoms with van der Waals surface area (Å²) in [6.45, 7) is 3.68. The predicted molar refractivity (Wildman–Crippen MR) is 106 cm³/mol. The van der Waals surface area contributed by atoms with Crippen LogP contribution in [0.15, 0.2) is 42.0 Å². The number of Topliss-reactive ketones (excluding diaryl/α,β-unsaturated/α-hetero) is 2. The first-order chi connectivity index (χ1) is 12.4. The van der Waals surface area contributed by atoms with Crippen molar-refractivity contribution in [3.8, 4) is 0 Å². The lowest BCUT2D eigenvalue weighted by Crippen LogP contribution is -2.05. The number of hydrogen-bond acceptors (Lipinski definition) is 2. The van der Waals surface area contributed by atoms with Crippen molar-refractivity contribution in [1.29, 1.82) is 0 Å². The van der Waals surface area contributed by atoms with E-state index in [0.29, 0.717) is 29.8 Å². The summed E-state index contributed by atoms with van der Waals surface area (Å²) in [5, 5.41) is 0.618. The van der Waals surface area contributed by atoms with Gasteiger partial charge in [0.25, 0.3) is 0 Å². The third-order valence-corrected chi connectivity index (χ3v) is 5.13. The lowest BCUT2D eigenvalue weighted by molar-refractivity contribution is -0.117. The molecule has 0 unspecified atom stereocenters. The van der Waals surface area contributed by atoms with Gasteiger partial charge in [0.05, 0.1) is 0 Å². The van der Waals surface area contributed by atoms with Crippen LogP contribution in [0.25, 0.3) is 11.6 Å². The van der Waals surface area contributed by atoms with Crippen LogP contribution in [0.2, 0.25) is 5.02 Å². The van der Waals surface area contributed by atoms with Crippen molar-refractivity contribution in [2.75, 3.05) is 0 Å². The normalized spacial score (nSPS) is 13.5. The van der Waals surface area contributed by atoms with Gasteiger partial charge < -0.3 is 9.36 Å². The Labute approximate surface area is 159 Å². The SMILES string of the molecule is CC(=O)CCc1cc2c(n1C)C=C(C(=O)c1ccc(Cl)cc1)CC=C2C. The topological polar surface area (TPSA) is 39.1 Å². The van der Waals surface area contributed by atoms with E-state index in [1.54, 1.807) is 31.2 Å². The van der Waals surface area contributed by atoms with Crippen LogP contribution >= 0.6 is 11.6 Å². The number of aromatic nitrogens is 1. The van der Waals surface area contributed by atoms with E-state index in [0.717, 1.165) is 28.1 Å². The van der Waals surface area contributed by atoms with Gasteiger partial charge in [-0.1, -0.05) is 17.7 Å². The van der Waals surface area contributed by atoms with Gasteiger partial charge in [0.15, 0.2) is 5.78 Å². The summed E-state index contributed by atoms with van der Waals surface area (Å²) in [7, 11) is 1.99. The Hall–Kier alpha value is -2.39. The molecule has 4 heteroatoms. The molecular weight excluding hydrogens is 346 g/mol. The van der Waals surface area contributed by atoms with Gasteiger partial charge in [-0.2, -0.15) is 0 Å². The van der Waals surface area contributed by atoms with Crippen LogP contribution in [0.5, 0.6) is 0 Å². The van der Waals surface area contributed by atoms with Crippen molar-refractivity contribution in [3.05, 3.63) is 69.5 Å². The summed E-state index contributed by atoms with van der Waals surface area (Å²) in [5.74, 6) is 0.202. The molecule has 0 bridgehead atoms. The zero-order valence-corrected chi connectivity index (χ0v) is 16.1. The number of allylic oxidation sites excluding steroid dienone is 3. The largest absolute Gasteiger partial charge is 0.348 e. The number of hydrogen-bond donors (Lipinski definition) is 0. The fourth-order valence-electron chi connectivity index (χ4n) is 3.25. The quantitative estimate of drug-likeness (QED) is 0.675. The molecule has 0 amide bonds. The molecule has 1 heterocycles. The first-order valence-electron chi connectivity index (χ1n) is 8.73. The molecule has 2 aromatic rings. The molecule has 1 aliphatic carbocycles. The number of carbonyl (C=O) groups excluding carboxylic acids is 2. The highest BCUT2D eigenvalue weighted by molar-refractivity contribution is 6.30. The third-order valence-electron chi connectivity index (χ3n) is 4.87. The number of benzene rings is 1. The first-order valence-corrected chi connectivity index (χ1v) is 9.10. The molecule has 0 fully saturated rings. The van der Waals surface area contributed by atoms with Crippen molar-refractivity contribution >= 4 is 34.8 Å². The number of ketones is 2. The van der Waals surface area contributed by atoms with Crippen LogP contribution in [-0.2, 0) is 18.3 Å². The minimum atomic E-state index is 0.0186. The maximum atomic E-state index is 12.9. The maximum absolute atomic E-state index is 12.9. The number of halogens is 1. The van der Waals surface area contributed by atoms with E-state index in [2.05, 4.69) is 23.6 Å². The Morgan fingerprint density at radius 3 is 2.54 bits per heavy atom. The molecule has 0 spiro atoms. The monoisotopic (exact) mass is 367 g/mol. The van der Waals surface area contributed by atoms with E-state index in [1.807, 2.05) is 13.1 Å². The maximum Gasteiger partial charge on any atom is 0.189 e. The number of nitrogens with zero attached hydrogens (tertiary/aromatic N) is 1. The molecule has 0 N–H and O–H groups in total. The van der Waals surface area contributed by atoms with Gasteiger partial charge in [-0.05, 0) is 68.7 Å². The van der Waals surface area contributed by atoms with Crippen LogP contribution in [0.1, 0.15) is 54.0 Å². The number of aryl methyl sites for hydroxylation is 1. The summed E-state index contributed by atoms with van der Waals surface area (Å²) in [6.07, 6.45) is 5.92. The molecule has 3 rings (SSSR count). The zero-order chi connectivity index (χ0) is 18.8. The molecule has 0 radical (unpaired) electrons. The van der Waals surface area contributed by atoms with E-state index in [9.17, 15) is 9.59 Å². The van der Waals surface area contributed by atoms with Gasteiger partial charge in [0.1, 0.15) is 5.78 Å². The van der Waals surface area contributed by atoms with Crippen LogP contribution < -0.4 is 0 Å². The van der Waals surface area contributed by atoms with Crippen molar-refractivity contribution in [2.24, 2.45) is 7.05 Å². The molecule has 134 valence electrons. The van der Waals surface area contributed by atoms with Crippen molar-refractivity contribution in [3.63, 3.8) is 0 Å². The highest BCUT2D eigenvalue weighted by Crippen LogP contribution is 2.31. The lowest BCUT2D eigenvalue weighted by atomic mass is 10.0. The summed E-state index contributed by atoms with van der Waals surface area (Å²) < 4.78 is 2.09. The Morgan fingerprint density at radius 2 is 1.88 bits per heavy atom. The second kappa shape index (κ2) is 7.46. The summed E-state index contributed by atoms with van der Waals surface area (Å²) in [6, 6.07) is 9.13. The number of carbonyl (C=O) groups is 2. The van der Waals surface area contributed by atoms with Gasteiger partial charge in [0.2, 0.25) is 0 Å². The molecule has 0 saturated carbocycles. The van der Waals surface area contributed by atoms with Crippen LogP contribution in [0.3, 0.4) is 0 Å². The second-order valence-electron chi connectivity index (χ2n) is 6.79. The van der Waals surface area contributed by atoms with Crippen LogP contribution in [0, 0.1) is 0 Å². The molecular formula is C22H22ClNO2. The molecule has 0 atom stereocenters. The number of rotatable bonds is 5. The molecule has 1 aliphatic rings. The van der Waals surface area contributed by atoms with Crippen molar-refractivity contribution in [2.45, 2.75) is 33.1 Å².